The molecule has 112 valence electrons. The van der Waals surface area contributed by atoms with Gasteiger partial charge in [-0.15, -0.1) is 0 Å². The Morgan fingerprint density at radius 3 is 2.45 bits per heavy atom. The van der Waals surface area contributed by atoms with E-state index < -0.39 is 5.92 Å². The van der Waals surface area contributed by atoms with Gasteiger partial charge in [0.05, 0.1) is 19.8 Å². The number of ketones is 2. The molecule has 0 aromatic carbocycles. The molecule has 0 bridgehead atoms. The average Bonchev–Trinajstić information content (AvgIpc) is 2.37. The largest absolute Gasteiger partial charge is 0.379 e. The van der Waals surface area contributed by atoms with Gasteiger partial charge in [-0.25, -0.2) is 0 Å². The number of nitrogens with zero attached hydrogens (tertiary/aromatic N) is 2. The fourth-order valence-electron chi connectivity index (χ4n) is 2.78. The van der Waals surface area contributed by atoms with Crippen molar-refractivity contribution in [2.24, 2.45) is 16.3 Å². The molecular formula is C15H24N2O3. The van der Waals surface area contributed by atoms with Crippen LogP contribution in [0.3, 0.4) is 0 Å². The molecule has 0 aromatic rings. The maximum absolute atomic E-state index is 12.0. The fourth-order valence-corrected chi connectivity index (χ4v) is 2.78. The van der Waals surface area contributed by atoms with Gasteiger partial charge in [-0.2, -0.15) is 0 Å². The van der Waals surface area contributed by atoms with E-state index >= 15 is 0 Å². The van der Waals surface area contributed by atoms with Crippen LogP contribution >= 0.6 is 0 Å². The number of Topliss-reactive ketones (excluding diaryl/α,β-unsaturated/α-hetero) is 2. The molecule has 0 radical (unpaired) electrons. The minimum absolute atomic E-state index is 0.0152. The molecule has 1 heterocycles. The molecule has 0 atom stereocenters. The molecule has 0 spiro atoms. The van der Waals surface area contributed by atoms with Crippen molar-refractivity contribution >= 4 is 17.8 Å². The number of ether oxygens (including phenoxy) is 1. The molecule has 2 fully saturated rings. The second-order valence-corrected chi connectivity index (χ2v) is 6.44. The standard InChI is InChI=1S/C15H24N2O3/c1-15(2)9-13(18)12(14(19)10-15)11-16-3-4-17-5-7-20-8-6-17/h11-12H,3-10H2,1-2H3. The highest BCUT2D eigenvalue weighted by molar-refractivity contribution is 6.16. The Morgan fingerprint density at radius 2 is 1.85 bits per heavy atom. The molecule has 20 heavy (non-hydrogen) atoms. The number of carbonyl (C=O) groups is 2. The first-order valence-electron chi connectivity index (χ1n) is 7.33. The van der Waals surface area contributed by atoms with E-state index in [4.69, 9.17) is 4.74 Å². The van der Waals surface area contributed by atoms with E-state index in [0.717, 1.165) is 32.8 Å². The van der Waals surface area contributed by atoms with Crippen LogP contribution in [0.4, 0.5) is 0 Å². The zero-order chi connectivity index (χ0) is 14.6. The second kappa shape index (κ2) is 6.59. The van der Waals surface area contributed by atoms with Crippen LogP contribution in [0.5, 0.6) is 0 Å². The van der Waals surface area contributed by atoms with Gasteiger partial charge in [0.1, 0.15) is 17.5 Å². The number of hydrogen-bond acceptors (Lipinski definition) is 5. The predicted molar refractivity (Wildman–Crippen MR) is 77.1 cm³/mol. The summed E-state index contributed by atoms with van der Waals surface area (Å²) in [6.07, 6.45) is 2.51. The minimum Gasteiger partial charge on any atom is -0.379 e. The van der Waals surface area contributed by atoms with Crippen molar-refractivity contribution in [1.29, 1.82) is 0 Å². The zero-order valence-corrected chi connectivity index (χ0v) is 12.4. The number of rotatable bonds is 4. The van der Waals surface area contributed by atoms with Crippen molar-refractivity contribution in [1.82, 2.24) is 4.90 Å². The topological polar surface area (TPSA) is 59.0 Å². The lowest BCUT2D eigenvalue weighted by Gasteiger charge is -2.30. The Balaban J connectivity index is 1.78. The third-order valence-corrected chi connectivity index (χ3v) is 3.90. The molecule has 1 saturated carbocycles. The van der Waals surface area contributed by atoms with Crippen molar-refractivity contribution in [3.63, 3.8) is 0 Å². The van der Waals surface area contributed by atoms with Crippen molar-refractivity contribution < 1.29 is 14.3 Å². The van der Waals surface area contributed by atoms with Crippen LogP contribution in [-0.2, 0) is 14.3 Å². The Bertz CT molecular complexity index is 378. The summed E-state index contributed by atoms with van der Waals surface area (Å²) >= 11 is 0. The quantitative estimate of drug-likeness (QED) is 0.568. The van der Waals surface area contributed by atoms with Gasteiger partial charge in [0.2, 0.25) is 0 Å². The smallest absolute Gasteiger partial charge is 0.149 e. The van der Waals surface area contributed by atoms with Crippen LogP contribution in [0.15, 0.2) is 4.99 Å². The molecule has 0 unspecified atom stereocenters. The van der Waals surface area contributed by atoms with Gasteiger partial charge in [-0.3, -0.25) is 19.5 Å². The Kier molecular flexibility index (Phi) is 5.05. The lowest BCUT2D eigenvalue weighted by Crippen LogP contribution is -2.39. The predicted octanol–water partition coefficient (Wildman–Crippen LogP) is 0.964. The van der Waals surface area contributed by atoms with E-state index in [9.17, 15) is 9.59 Å². The minimum atomic E-state index is -0.604. The summed E-state index contributed by atoms with van der Waals surface area (Å²) in [5.74, 6) is -0.574. The second-order valence-electron chi connectivity index (χ2n) is 6.44. The van der Waals surface area contributed by atoms with E-state index in [-0.39, 0.29) is 17.0 Å². The van der Waals surface area contributed by atoms with Gasteiger partial charge in [-0.1, -0.05) is 13.8 Å². The van der Waals surface area contributed by atoms with Gasteiger partial charge >= 0.3 is 0 Å². The summed E-state index contributed by atoms with van der Waals surface area (Å²) in [4.78, 5) is 30.5. The molecule has 1 saturated heterocycles. The molecule has 5 nitrogen and oxygen atoms in total. The molecule has 0 aromatic heterocycles. The van der Waals surface area contributed by atoms with E-state index in [1.807, 2.05) is 13.8 Å². The highest BCUT2D eigenvalue weighted by Crippen LogP contribution is 2.33. The van der Waals surface area contributed by atoms with E-state index in [2.05, 4.69) is 9.89 Å². The van der Waals surface area contributed by atoms with Crippen LogP contribution in [0.1, 0.15) is 26.7 Å². The van der Waals surface area contributed by atoms with Crippen LogP contribution in [-0.4, -0.2) is 62.1 Å². The van der Waals surface area contributed by atoms with Crippen LogP contribution in [0.2, 0.25) is 0 Å². The summed E-state index contributed by atoms with van der Waals surface area (Å²) < 4.78 is 5.28. The zero-order valence-electron chi connectivity index (χ0n) is 12.4. The first-order chi connectivity index (χ1) is 9.48. The number of hydrogen-bond donors (Lipinski definition) is 0. The normalized spacial score (nSPS) is 25.5. The van der Waals surface area contributed by atoms with Crippen molar-refractivity contribution in [3.05, 3.63) is 0 Å². The third kappa shape index (κ3) is 4.21. The first kappa shape index (κ1) is 15.3. The van der Waals surface area contributed by atoms with Crippen molar-refractivity contribution in [2.45, 2.75) is 26.7 Å². The van der Waals surface area contributed by atoms with E-state index in [1.54, 1.807) is 6.21 Å². The summed E-state index contributed by atoms with van der Waals surface area (Å²) in [5, 5.41) is 0. The average molecular weight is 280 g/mol. The molecule has 1 aliphatic heterocycles. The van der Waals surface area contributed by atoms with Crippen LogP contribution in [0.25, 0.3) is 0 Å². The Morgan fingerprint density at radius 1 is 1.25 bits per heavy atom. The Labute approximate surface area is 120 Å². The molecule has 5 heteroatoms. The summed E-state index contributed by atoms with van der Waals surface area (Å²) in [6.45, 7) is 8.86. The maximum Gasteiger partial charge on any atom is 0.149 e. The van der Waals surface area contributed by atoms with Gasteiger partial charge in [0.25, 0.3) is 0 Å². The summed E-state index contributed by atoms with van der Waals surface area (Å²) in [5.41, 5.74) is -0.188. The number of morpholine rings is 1. The number of aliphatic imine (C=N–C) groups is 1. The molecule has 1 aliphatic carbocycles. The molecule has 0 amide bonds. The summed E-state index contributed by atoms with van der Waals surface area (Å²) in [7, 11) is 0. The molecular weight excluding hydrogens is 256 g/mol. The van der Waals surface area contributed by atoms with Crippen molar-refractivity contribution in [3.8, 4) is 0 Å². The Hall–Kier alpha value is -1.07. The highest BCUT2D eigenvalue weighted by atomic mass is 16.5. The maximum atomic E-state index is 12.0. The monoisotopic (exact) mass is 280 g/mol. The highest BCUT2D eigenvalue weighted by Gasteiger charge is 2.38. The first-order valence-corrected chi connectivity index (χ1v) is 7.33. The lowest BCUT2D eigenvalue weighted by molar-refractivity contribution is -0.136. The van der Waals surface area contributed by atoms with Gasteiger partial charge in [0, 0.05) is 38.7 Å². The fraction of sp³-hybridized carbons (Fsp3) is 0.800. The molecule has 2 rings (SSSR count). The number of carbonyl (C=O) groups excluding carboxylic acids is 2. The van der Waals surface area contributed by atoms with Crippen molar-refractivity contribution in [2.75, 3.05) is 39.4 Å². The van der Waals surface area contributed by atoms with Gasteiger partial charge in [-0.05, 0) is 5.41 Å². The van der Waals surface area contributed by atoms with E-state index in [1.165, 1.54) is 0 Å². The SMILES string of the molecule is CC1(C)CC(=O)C(C=NCCN2CCOCC2)C(=O)C1. The van der Waals surface area contributed by atoms with Gasteiger partial charge < -0.3 is 4.74 Å². The van der Waals surface area contributed by atoms with Gasteiger partial charge in [0.15, 0.2) is 0 Å². The molecule has 2 aliphatic rings. The molecule has 0 N–H and O–H groups in total. The van der Waals surface area contributed by atoms with Crippen LogP contribution in [0, 0.1) is 11.3 Å². The third-order valence-electron chi connectivity index (χ3n) is 3.90. The van der Waals surface area contributed by atoms with E-state index in [0.29, 0.717) is 19.4 Å². The lowest BCUT2D eigenvalue weighted by atomic mass is 9.72. The summed E-state index contributed by atoms with van der Waals surface area (Å²) in [6, 6.07) is 0. The van der Waals surface area contributed by atoms with Crippen LogP contribution < -0.4 is 0 Å².